The van der Waals surface area contributed by atoms with E-state index in [4.69, 9.17) is 0 Å². The highest BCUT2D eigenvalue weighted by Crippen LogP contribution is 2.26. The number of halogens is 3. The van der Waals surface area contributed by atoms with Gasteiger partial charge in [-0.25, -0.2) is 9.18 Å². The van der Waals surface area contributed by atoms with Gasteiger partial charge in [-0.2, -0.15) is 13.9 Å². The molecule has 0 spiro atoms. The molecule has 37 heavy (non-hydrogen) atoms. The molecule has 0 bridgehead atoms. The van der Waals surface area contributed by atoms with E-state index in [-0.39, 0.29) is 23.7 Å². The summed E-state index contributed by atoms with van der Waals surface area (Å²) in [4.78, 5) is 42.2. The second-order valence-corrected chi connectivity index (χ2v) is 8.92. The number of carbonyl (C=O) groups is 3. The summed E-state index contributed by atoms with van der Waals surface area (Å²) in [7, 11) is 3.77. The molecule has 12 heteroatoms. The number of amides is 3. The number of hydrogen-bond acceptors (Lipinski definition) is 5. The van der Waals surface area contributed by atoms with Crippen molar-refractivity contribution in [2.45, 2.75) is 13.0 Å². The lowest BCUT2D eigenvalue weighted by Gasteiger charge is -2.36. The normalized spacial score (nSPS) is 14.3. The smallest absolute Gasteiger partial charge is 0.324 e. The number of carbonyl (C=O) groups excluding carboxylic acids is 3. The lowest BCUT2D eigenvalue weighted by atomic mass is 10.1. The Hall–Kier alpha value is -3.93. The summed E-state index contributed by atoms with van der Waals surface area (Å²) < 4.78 is 41.5. The van der Waals surface area contributed by atoms with Crippen LogP contribution in [0.15, 0.2) is 42.6 Å². The number of piperazine rings is 1. The molecule has 1 aromatic heterocycles. The number of nitrogens with zero attached hydrogens (tertiary/aromatic N) is 5. The maximum atomic E-state index is 15.1. The molecule has 0 atom stereocenters. The number of ketones is 1. The van der Waals surface area contributed by atoms with E-state index in [2.05, 4.69) is 10.00 Å². The lowest BCUT2D eigenvalue weighted by molar-refractivity contribution is -0.131. The summed E-state index contributed by atoms with van der Waals surface area (Å²) in [6.07, 6.45) is -1.54. The number of urea groups is 1. The molecule has 0 radical (unpaired) electrons. The zero-order valence-corrected chi connectivity index (χ0v) is 20.5. The number of alkyl halides is 2. The number of rotatable bonds is 7. The maximum Gasteiger partial charge on any atom is 0.324 e. The molecule has 1 aliphatic rings. The second-order valence-electron chi connectivity index (χ2n) is 8.92. The molecule has 1 N–H and O–H groups in total. The summed E-state index contributed by atoms with van der Waals surface area (Å²) in [6.45, 7) is 1.71. The summed E-state index contributed by atoms with van der Waals surface area (Å²) in [5.41, 5.74) is 1.46. The van der Waals surface area contributed by atoms with Crippen LogP contribution in [0.4, 0.5) is 23.7 Å². The summed E-state index contributed by atoms with van der Waals surface area (Å²) in [5.74, 6) is -3.02. The van der Waals surface area contributed by atoms with Crippen molar-refractivity contribution in [2.24, 2.45) is 7.05 Å². The van der Waals surface area contributed by atoms with Crippen molar-refractivity contribution in [2.75, 3.05) is 44.7 Å². The van der Waals surface area contributed by atoms with Crippen LogP contribution in [0.25, 0.3) is 10.9 Å². The van der Waals surface area contributed by atoms with Crippen molar-refractivity contribution in [3.8, 4) is 0 Å². The van der Waals surface area contributed by atoms with Crippen LogP contribution in [0.2, 0.25) is 0 Å². The van der Waals surface area contributed by atoms with Crippen LogP contribution in [0.3, 0.4) is 0 Å². The first kappa shape index (κ1) is 26.1. The summed E-state index contributed by atoms with van der Waals surface area (Å²) in [5, 5.41) is 6.94. The number of likely N-dealkylation sites (N-methyl/N-ethyl adjacent to an activating group) is 1. The topological polar surface area (TPSA) is 90.8 Å². The average Bonchev–Trinajstić information content (AvgIpc) is 3.26. The van der Waals surface area contributed by atoms with Crippen LogP contribution in [0.5, 0.6) is 0 Å². The van der Waals surface area contributed by atoms with Gasteiger partial charge in [0.1, 0.15) is 5.82 Å². The maximum absolute atomic E-state index is 15.1. The van der Waals surface area contributed by atoms with Gasteiger partial charge >= 0.3 is 12.5 Å². The molecule has 3 amide bonds. The first-order valence-corrected chi connectivity index (χ1v) is 11.7. The number of benzene rings is 2. The Labute approximate surface area is 211 Å². The SMILES string of the molecule is CN1CCN(C(=O)N(Cc2ccc(C(=O)CNC(=O)C(F)F)cc2F)c2ccc3cnn(C)c3c2)CC1. The molecule has 2 aromatic carbocycles. The largest absolute Gasteiger partial charge is 0.344 e. The number of nitrogens with one attached hydrogen (secondary N) is 1. The van der Waals surface area contributed by atoms with Crippen molar-refractivity contribution in [1.82, 2.24) is 24.9 Å². The van der Waals surface area contributed by atoms with Gasteiger partial charge in [-0.15, -0.1) is 0 Å². The van der Waals surface area contributed by atoms with E-state index >= 15 is 4.39 Å². The van der Waals surface area contributed by atoms with Crippen LogP contribution in [-0.4, -0.2) is 83.5 Å². The zero-order chi connectivity index (χ0) is 26.7. The summed E-state index contributed by atoms with van der Waals surface area (Å²) in [6, 6.07) is 8.87. The van der Waals surface area contributed by atoms with Crippen molar-refractivity contribution >= 4 is 34.3 Å². The predicted octanol–water partition coefficient (Wildman–Crippen LogP) is 2.65. The molecule has 9 nitrogen and oxygen atoms in total. The lowest BCUT2D eigenvalue weighted by Crippen LogP contribution is -2.52. The molecule has 1 fully saturated rings. The number of Topliss-reactive ketones (excluding diaryl/α,β-unsaturated/α-hetero) is 1. The minimum Gasteiger partial charge on any atom is -0.344 e. The van der Waals surface area contributed by atoms with Gasteiger partial charge in [-0.05, 0) is 31.3 Å². The number of anilines is 1. The number of aromatic nitrogens is 2. The second kappa shape index (κ2) is 11.0. The van der Waals surface area contributed by atoms with Gasteiger partial charge in [0.15, 0.2) is 5.78 Å². The standard InChI is InChI=1S/C25H27F3N6O3/c1-31-7-9-33(10-8-31)25(37)34(19-6-5-17-13-30-32(2)21(17)12-19)15-18-4-3-16(11-20(18)26)22(35)14-29-24(36)23(27)28/h3-6,11-13,23H,7-10,14-15H2,1-2H3,(H,29,36). The number of aryl methyl sites for hydroxylation is 1. The Bertz CT molecular complexity index is 1320. The third kappa shape index (κ3) is 5.91. The minimum atomic E-state index is -3.25. The fourth-order valence-corrected chi connectivity index (χ4v) is 4.10. The quantitative estimate of drug-likeness (QED) is 0.488. The van der Waals surface area contributed by atoms with Crippen molar-refractivity contribution in [3.63, 3.8) is 0 Å². The van der Waals surface area contributed by atoms with Gasteiger partial charge in [0, 0.05) is 55.4 Å². The molecule has 196 valence electrons. The van der Waals surface area contributed by atoms with Crippen molar-refractivity contribution in [1.29, 1.82) is 0 Å². The third-order valence-corrected chi connectivity index (χ3v) is 6.37. The molecule has 1 saturated heterocycles. The molecule has 0 saturated carbocycles. The fraction of sp³-hybridized carbons (Fsp3) is 0.360. The predicted molar refractivity (Wildman–Crippen MR) is 131 cm³/mol. The Balaban J connectivity index is 1.59. The van der Waals surface area contributed by atoms with E-state index in [1.165, 1.54) is 17.0 Å². The highest BCUT2D eigenvalue weighted by atomic mass is 19.3. The van der Waals surface area contributed by atoms with Crippen LogP contribution >= 0.6 is 0 Å². The monoisotopic (exact) mass is 516 g/mol. The Morgan fingerprint density at radius 3 is 2.46 bits per heavy atom. The Morgan fingerprint density at radius 1 is 1.05 bits per heavy atom. The number of fused-ring (bicyclic) bond motifs is 1. The molecule has 0 aliphatic carbocycles. The first-order valence-electron chi connectivity index (χ1n) is 11.7. The van der Waals surface area contributed by atoms with E-state index in [9.17, 15) is 23.2 Å². The van der Waals surface area contributed by atoms with Gasteiger partial charge in [0.25, 0.3) is 5.91 Å². The molecular formula is C25H27F3N6O3. The van der Waals surface area contributed by atoms with E-state index in [0.717, 1.165) is 17.0 Å². The van der Waals surface area contributed by atoms with Crippen LogP contribution < -0.4 is 10.2 Å². The van der Waals surface area contributed by atoms with E-state index in [1.807, 2.05) is 24.5 Å². The van der Waals surface area contributed by atoms with Crippen LogP contribution in [0, 0.1) is 5.82 Å². The zero-order valence-electron chi connectivity index (χ0n) is 20.5. The van der Waals surface area contributed by atoms with E-state index in [0.29, 0.717) is 31.9 Å². The van der Waals surface area contributed by atoms with E-state index < -0.39 is 30.5 Å². The molecule has 4 rings (SSSR count). The van der Waals surface area contributed by atoms with Gasteiger partial charge < -0.3 is 15.1 Å². The van der Waals surface area contributed by atoms with Gasteiger partial charge in [-0.3, -0.25) is 19.2 Å². The van der Waals surface area contributed by atoms with Gasteiger partial charge in [0.05, 0.1) is 24.8 Å². The van der Waals surface area contributed by atoms with Gasteiger partial charge in [-0.1, -0.05) is 12.1 Å². The highest BCUT2D eigenvalue weighted by molar-refractivity contribution is 5.99. The Kier molecular flexibility index (Phi) is 7.77. The van der Waals surface area contributed by atoms with E-state index in [1.54, 1.807) is 28.9 Å². The van der Waals surface area contributed by atoms with Gasteiger partial charge in [0.2, 0.25) is 0 Å². The average molecular weight is 517 g/mol. The molecule has 2 heterocycles. The highest BCUT2D eigenvalue weighted by Gasteiger charge is 2.27. The Morgan fingerprint density at radius 2 is 1.78 bits per heavy atom. The molecular weight excluding hydrogens is 489 g/mol. The van der Waals surface area contributed by atoms with Crippen molar-refractivity contribution in [3.05, 3.63) is 59.5 Å². The minimum absolute atomic E-state index is 0.0796. The van der Waals surface area contributed by atoms with Crippen molar-refractivity contribution < 1.29 is 27.6 Å². The third-order valence-electron chi connectivity index (χ3n) is 6.37. The molecule has 0 unspecified atom stereocenters. The molecule has 3 aromatic rings. The fourth-order valence-electron chi connectivity index (χ4n) is 4.10. The number of hydrogen-bond donors (Lipinski definition) is 1. The van der Waals surface area contributed by atoms with Crippen LogP contribution in [-0.2, 0) is 18.4 Å². The molecule has 1 aliphatic heterocycles. The first-order chi connectivity index (χ1) is 17.6. The van der Waals surface area contributed by atoms with Crippen LogP contribution in [0.1, 0.15) is 15.9 Å². The summed E-state index contributed by atoms with van der Waals surface area (Å²) >= 11 is 0.